The summed E-state index contributed by atoms with van der Waals surface area (Å²) in [6.07, 6.45) is -0.199. The Morgan fingerprint density at radius 3 is 2.90 bits per heavy atom. The molecule has 1 saturated heterocycles. The van der Waals surface area contributed by atoms with E-state index in [4.69, 9.17) is 4.52 Å². The third kappa shape index (κ3) is 2.96. The van der Waals surface area contributed by atoms with Crippen LogP contribution < -0.4 is 0 Å². The van der Waals surface area contributed by atoms with Gasteiger partial charge in [0.05, 0.1) is 18.3 Å². The van der Waals surface area contributed by atoms with Gasteiger partial charge in [0, 0.05) is 24.2 Å². The van der Waals surface area contributed by atoms with Crippen molar-refractivity contribution in [2.45, 2.75) is 32.0 Å². The van der Waals surface area contributed by atoms with Crippen LogP contribution >= 0.6 is 0 Å². The molecule has 1 N–H and O–H groups in total. The van der Waals surface area contributed by atoms with E-state index in [0.717, 1.165) is 17.8 Å². The third-order valence-electron chi connectivity index (χ3n) is 3.73. The fourth-order valence-electron chi connectivity index (χ4n) is 2.84. The van der Waals surface area contributed by atoms with Crippen LogP contribution in [-0.2, 0) is 6.54 Å². The van der Waals surface area contributed by atoms with Gasteiger partial charge in [-0.3, -0.25) is 4.90 Å². The molecule has 0 spiro atoms. The number of hydrogen-bond donors (Lipinski definition) is 1. The molecule has 2 heterocycles. The molecule has 0 saturated carbocycles. The third-order valence-corrected chi connectivity index (χ3v) is 3.73. The highest BCUT2D eigenvalue weighted by Gasteiger charge is 2.34. The molecule has 21 heavy (non-hydrogen) atoms. The molecule has 1 fully saturated rings. The smallest absolute Gasteiger partial charge is 0.150 e. The summed E-state index contributed by atoms with van der Waals surface area (Å²) in [7, 11) is 0. The number of aryl methyl sites for hydroxylation is 1. The summed E-state index contributed by atoms with van der Waals surface area (Å²) in [5.41, 5.74) is 1.03. The van der Waals surface area contributed by atoms with Gasteiger partial charge in [-0.2, -0.15) is 0 Å². The van der Waals surface area contributed by atoms with E-state index in [1.807, 2.05) is 11.8 Å². The van der Waals surface area contributed by atoms with Crippen LogP contribution in [0.2, 0.25) is 0 Å². The van der Waals surface area contributed by atoms with Gasteiger partial charge in [0.2, 0.25) is 0 Å². The number of β-amino-alcohol motifs (C(OH)–C–C–N with tert-alkyl or cyclic N) is 1. The molecule has 0 amide bonds. The molecule has 0 radical (unpaired) electrons. The summed E-state index contributed by atoms with van der Waals surface area (Å²) in [6, 6.07) is 4.82. The quantitative estimate of drug-likeness (QED) is 0.945. The van der Waals surface area contributed by atoms with Gasteiger partial charge < -0.3 is 9.63 Å². The van der Waals surface area contributed by atoms with Gasteiger partial charge in [0.25, 0.3) is 0 Å². The minimum atomic E-state index is -0.568. The van der Waals surface area contributed by atoms with Gasteiger partial charge >= 0.3 is 0 Å². The Hall–Kier alpha value is -1.79. The van der Waals surface area contributed by atoms with E-state index >= 15 is 0 Å². The predicted octanol–water partition coefficient (Wildman–Crippen LogP) is 2.57. The van der Waals surface area contributed by atoms with Crippen molar-refractivity contribution in [1.82, 2.24) is 10.1 Å². The maximum atomic E-state index is 14.0. The van der Waals surface area contributed by atoms with Gasteiger partial charge in [0.15, 0.2) is 5.76 Å². The molecule has 3 rings (SSSR count). The second-order valence-electron chi connectivity index (χ2n) is 5.44. The average molecular weight is 294 g/mol. The van der Waals surface area contributed by atoms with E-state index in [1.54, 1.807) is 6.07 Å². The van der Waals surface area contributed by atoms with E-state index in [9.17, 15) is 13.9 Å². The zero-order valence-corrected chi connectivity index (χ0v) is 11.6. The van der Waals surface area contributed by atoms with E-state index < -0.39 is 17.7 Å². The summed E-state index contributed by atoms with van der Waals surface area (Å²) >= 11 is 0. The average Bonchev–Trinajstić information content (AvgIpc) is 2.99. The van der Waals surface area contributed by atoms with Crippen molar-refractivity contribution in [2.75, 3.05) is 6.54 Å². The van der Waals surface area contributed by atoms with E-state index in [1.165, 1.54) is 6.07 Å². The van der Waals surface area contributed by atoms with Crippen LogP contribution in [0, 0.1) is 18.6 Å². The van der Waals surface area contributed by atoms with Crippen molar-refractivity contribution < 1.29 is 18.4 Å². The van der Waals surface area contributed by atoms with Crippen molar-refractivity contribution in [1.29, 1.82) is 0 Å². The monoisotopic (exact) mass is 294 g/mol. The van der Waals surface area contributed by atoms with Crippen LogP contribution in [0.4, 0.5) is 8.78 Å². The summed E-state index contributed by atoms with van der Waals surface area (Å²) in [6.45, 7) is 2.61. The number of nitrogens with zero attached hydrogens (tertiary/aromatic N) is 2. The van der Waals surface area contributed by atoms with Gasteiger partial charge in [0.1, 0.15) is 11.6 Å². The summed E-state index contributed by atoms with van der Waals surface area (Å²) in [5, 5.41) is 13.7. The molecule has 0 aliphatic carbocycles. The number of halogens is 2. The van der Waals surface area contributed by atoms with E-state index in [2.05, 4.69) is 5.16 Å². The normalized spacial score (nSPS) is 22.9. The maximum absolute atomic E-state index is 14.0. The molecule has 1 aromatic heterocycles. The number of hydrogen-bond acceptors (Lipinski definition) is 4. The first-order chi connectivity index (χ1) is 10.0. The van der Waals surface area contributed by atoms with Gasteiger partial charge in [-0.1, -0.05) is 5.16 Å². The van der Waals surface area contributed by atoms with E-state index in [0.29, 0.717) is 25.3 Å². The Morgan fingerprint density at radius 1 is 1.38 bits per heavy atom. The lowest BCUT2D eigenvalue weighted by Gasteiger charge is -2.23. The Bertz CT molecular complexity index is 644. The minimum Gasteiger partial charge on any atom is -0.392 e. The SMILES string of the molecule is Cc1cc(CN2C[C@@H](O)C[C@H]2c2cc(F)ccc2F)on1. The van der Waals surface area contributed by atoms with Crippen LogP contribution in [0.15, 0.2) is 28.8 Å². The molecular formula is C15H16F2N2O2. The molecule has 2 aromatic rings. The van der Waals surface area contributed by atoms with E-state index in [-0.39, 0.29) is 11.6 Å². The number of aromatic nitrogens is 1. The lowest BCUT2D eigenvalue weighted by atomic mass is 10.0. The largest absolute Gasteiger partial charge is 0.392 e. The number of aliphatic hydroxyl groups excluding tert-OH is 1. The summed E-state index contributed by atoms with van der Waals surface area (Å²) < 4.78 is 32.5. The molecule has 4 nitrogen and oxygen atoms in total. The molecule has 0 unspecified atom stereocenters. The van der Waals surface area contributed by atoms with Crippen LogP contribution in [-0.4, -0.2) is 27.8 Å². The lowest BCUT2D eigenvalue weighted by Crippen LogP contribution is -2.24. The topological polar surface area (TPSA) is 49.5 Å². The predicted molar refractivity (Wildman–Crippen MR) is 71.4 cm³/mol. The molecule has 0 bridgehead atoms. The maximum Gasteiger partial charge on any atom is 0.150 e. The summed E-state index contributed by atoms with van der Waals surface area (Å²) in [5.74, 6) is -0.305. The second-order valence-corrected chi connectivity index (χ2v) is 5.44. The van der Waals surface area contributed by atoms with Gasteiger partial charge in [-0.05, 0) is 31.5 Å². The molecule has 6 heteroatoms. The van der Waals surface area contributed by atoms with Gasteiger partial charge in [-0.15, -0.1) is 0 Å². The number of rotatable bonds is 3. The van der Waals surface area contributed by atoms with Crippen molar-refractivity contribution in [2.24, 2.45) is 0 Å². The molecule has 1 aliphatic heterocycles. The van der Waals surface area contributed by atoms with Crippen molar-refractivity contribution in [3.8, 4) is 0 Å². The summed E-state index contributed by atoms with van der Waals surface area (Å²) in [4.78, 5) is 1.88. The number of benzene rings is 1. The Morgan fingerprint density at radius 2 is 2.19 bits per heavy atom. The van der Waals surface area contributed by atoms with Crippen LogP contribution in [0.3, 0.4) is 0 Å². The first-order valence-corrected chi connectivity index (χ1v) is 6.82. The number of likely N-dealkylation sites (tertiary alicyclic amines) is 1. The van der Waals surface area contributed by atoms with Crippen LogP contribution in [0.25, 0.3) is 0 Å². The molecule has 112 valence electrons. The van der Waals surface area contributed by atoms with Crippen molar-refractivity contribution >= 4 is 0 Å². The van der Waals surface area contributed by atoms with Crippen molar-refractivity contribution in [3.05, 3.63) is 52.9 Å². The number of aliphatic hydroxyl groups is 1. The molecule has 1 aromatic carbocycles. The Labute approximate surface area is 121 Å². The highest BCUT2D eigenvalue weighted by atomic mass is 19.1. The highest BCUT2D eigenvalue weighted by Crippen LogP contribution is 2.35. The molecular weight excluding hydrogens is 278 g/mol. The van der Waals surface area contributed by atoms with Gasteiger partial charge in [-0.25, -0.2) is 8.78 Å². The molecule has 1 aliphatic rings. The standard InChI is InChI=1S/C15H16F2N2O2/c1-9-4-12(21-18-9)8-19-7-11(20)6-15(19)13-5-10(16)2-3-14(13)17/h2-5,11,15,20H,6-8H2,1H3/t11-,15-/m0/s1. The Balaban J connectivity index is 1.86. The lowest BCUT2D eigenvalue weighted by molar-refractivity contribution is 0.165. The second kappa shape index (κ2) is 5.54. The highest BCUT2D eigenvalue weighted by molar-refractivity contribution is 5.24. The fourth-order valence-corrected chi connectivity index (χ4v) is 2.84. The zero-order valence-electron chi connectivity index (χ0n) is 11.6. The zero-order chi connectivity index (χ0) is 15.0. The Kier molecular flexibility index (Phi) is 3.73. The first kappa shape index (κ1) is 14.2. The minimum absolute atomic E-state index is 0.266. The first-order valence-electron chi connectivity index (χ1n) is 6.82. The van der Waals surface area contributed by atoms with Crippen LogP contribution in [0.1, 0.15) is 29.5 Å². The van der Waals surface area contributed by atoms with Crippen molar-refractivity contribution in [3.63, 3.8) is 0 Å². The molecule has 2 atom stereocenters. The fraction of sp³-hybridized carbons (Fsp3) is 0.400. The van der Waals surface area contributed by atoms with Crippen LogP contribution in [0.5, 0.6) is 0 Å².